The number of carbonyl (C=O) groups is 3. The zero-order valence-electron chi connectivity index (χ0n) is 27.1. The first-order chi connectivity index (χ1) is 24.3. The average molecular weight is 749 g/mol. The van der Waals surface area contributed by atoms with Crippen molar-refractivity contribution in [2.24, 2.45) is 4.99 Å². The molecule has 1 saturated heterocycles. The van der Waals surface area contributed by atoms with Gasteiger partial charge in [-0.2, -0.15) is 18.6 Å². The van der Waals surface area contributed by atoms with Gasteiger partial charge in [0.1, 0.15) is 24.1 Å². The van der Waals surface area contributed by atoms with E-state index in [1.165, 1.54) is 28.2 Å². The van der Waals surface area contributed by atoms with Crippen LogP contribution in [-0.2, 0) is 31.5 Å². The number of aliphatic imine (C=N–C) groups is 1. The lowest BCUT2D eigenvalue weighted by Crippen LogP contribution is -2.59. The quantitative estimate of drug-likeness (QED) is 0.378. The van der Waals surface area contributed by atoms with Crippen LogP contribution in [0.2, 0.25) is 5.02 Å². The van der Waals surface area contributed by atoms with E-state index in [2.05, 4.69) is 15.7 Å². The van der Waals surface area contributed by atoms with Gasteiger partial charge in [0.05, 0.1) is 45.1 Å². The minimum atomic E-state index is -4.62. The molecule has 0 aliphatic carbocycles. The van der Waals surface area contributed by atoms with Crippen LogP contribution in [0.15, 0.2) is 64.4 Å². The smallest absolute Gasteiger partial charge is 0.416 e. The Labute approximate surface area is 297 Å². The maximum atomic E-state index is 14.3. The molecule has 0 saturated carbocycles. The molecule has 5 aliphatic heterocycles. The number of nitrogens with one attached hydrogen (secondary N) is 2. The molecule has 2 aromatic rings. The summed E-state index contributed by atoms with van der Waals surface area (Å²) in [7, 11) is -1.16. The first-order valence-electron chi connectivity index (χ1n) is 16.0. The van der Waals surface area contributed by atoms with Crippen molar-refractivity contribution in [1.29, 1.82) is 0 Å². The first-order valence-corrected chi connectivity index (χ1v) is 17.9. The molecule has 1 aromatic carbocycles. The van der Waals surface area contributed by atoms with E-state index in [4.69, 9.17) is 21.3 Å². The van der Waals surface area contributed by atoms with Crippen LogP contribution in [0.4, 0.5) is 18.9 Å². The Bertz CT molecular complexity index is 1930. The second-order valence-corrected chi connectivity index (χ2v) is 14.3. The molecule has 2 unspecified atom stereocenters. The normalized spacial score (nSPS) is 22.5. The fourth-order valence-corrected chi connectivity index (χ4v) is 7.74. The number of fused-ring (bicyclic) bond motifs is 2. The Hall–Kier alpha value is -4.36. The molecule has 7 rings (SSSR count). The Balaban J connectivity index is 1.17. The van der Waals surface area contributed by atoms with E-state index in [-0.39, 0.29) is 60.7 Å². The Morgan fingerprint density at radius 1 is 1.22 bits per heavy atom. The number of hydrazine groups is 1. The second-order valence-electron chi connectivity index (χ2n) is 12.5. The number of aromatic hydroxyl groups is 1. The van der Waals surface area contributed by atoms with Crippen molar-refractivity contribution in [2.75, 3.05) is 50.9 Å². The van der Waals surface area contributed by atoms with Crippen molar-refractivity contribution in [3.63, 3.8) is 0 Å². The number of alkyl halides is 3. The molecular weight excluding hydrogens is 717 g/mol. The van der Waals surface area contributed by atoms with Crippen LogP contribution < -0.4 is 10.7 Å². The van der Waals surface area contributed by atoms with Crippen molar-refractivity contribution in [3.05, 3.63) is 75.7 Å². The lowest BCUT2D eigenvalue weighted by molar-refractivity contribution is -0.137. The summed E-state index contributed by atoms with van der Waals surface area (Å²) < 4.78 is 59.7. The van der Waals surface area contributed by atoms with Gasteiger partial charge in [-0.05, 0) is 55.2 Å². The zero-order chi connectivity index (χ0) is 36.2. The van der Waals surface area contributed by atoms with Gasteiger partial charge in [-0.25, -0.2) is 23.5 Å². The SMILES string of the molecule is CS(=O)N1CC=C(C2N=C3N(CC(=O)Nc4ccc(C(F)(F)F)cc4Cl)C4=C(C(=O)N3N2)C2(CCN(C(=O)c3ncccc3O)CC2)OC4)CC1. The summed E-state index contributed by atoms with van der Waals surface area (Å²) in [5.74, 6) is -1.64. The number of hydrogen-bond donors (Lipinski definition) is 3. The molecule has 5 aliphatic rings. The topological polar surface area (TPSA) is 160 Å². The second kappa shape index (κ2) is 13.3. The van der Waals surface area contributed by atoms with Crippen LogP contribution in [0.1, 0.15) is 35.3 Å². The minimum absolute atomic E-state index is 0.0291. The van der Waals surface area contributed by atoms with Gasteiger partial charge in [0.15, 0.2) is 5.69 Å². The van der Waals surface area contributed by atoms with E-state index < -0.39 is 58.8 Å². The predicted molar refractivity (Wildman–Crippen MR) is 178 cm³/mol. The van der Waals surface area contributed by atoms with Crippen molar-refractivity contribution in [1.82, 2.24) is 29.5 Å². The lowest BCUT2D eigenvalue weighted by Gasteiger charge is -2.42. The van der Waals surface area contributed by atoms with Gasteiger partial charge in [-0.15, -0.1) is 0 Å². The van der Waals surface area contributed by atoms with E-state index in [9.17, 15) is 36.9 Å². The van der Waals surface area contributed by atoms with Crippen LogP contribution >= 0.6 is 11.6 Å². The summed E-state index contributed by atoms with van der Waals surface area (Å²) in [6.45, 7) is 0.867. The van der Waals surface area contributed by atoms with Crippen molar-refractivity contribution >= 4 is 52.0 Å². The largest absolute Gasteiger partial charge is 0.505 e. The molecule has 2 atom stereocenters. The molecule has 3 N–H and O–H groups in total. The lowest BCUT2D eigenvalue weighted by atomic mass is 9.82. The van der Waals surface area contributed by atoms with Crippen LogP contribution in [0, 0.1) is 0 Å². The minimum Gasteiger partial charge on any atom is -0.505 e. The van der Waals surface area contributed by atoms with E-state index >= 15 is 0 Å². The van der Waals surface area contributed by atoms with Crippen LogP contribution in [0.25, 0.3) is 0 Å². The van der Waals surface area contributed by atoms with Gasteiger partial charge in [-0.1, -0.05) is 17.7 Å². The molecular formula is C32H32ClF3N8O6S. The Kier molecular flexibility index (Phi) is 9.16. The molecule has 0 bridgehead atoms. The monoisotopic (exact) mass is 748 g/mol. The molecule has 19 heteroatoms. The van der Waals surface area contributed by atoms with Gasteiger partial charge in [0, 0.05) is 38.6 Å². The van der Waals surface area contributed by atoms with E-state index in [0.717, 1.165) is 23.8 Å². The fraction of sp³-hybridized carbons (Fsp3) is 0.406. The number of ether oxygens (including phenoxy) is 1. The highest BCUT2D eigenvalue weighted by Gasteiger charge is 2.56. The Morgan fingerprint density at radius 2 is 1.98 bits per heavy atom. The van der Waals surface area contributed by atoms with Crippen molar-refractivity contribution in [3.8, 4) is 5.75 Å². The number of hydrogen-bond acceptors (Lipinski definition) is 10. The predicted octanol–water partition coefficient (Wildman–Crippen LogP) is 2.63. The van der Waals surface area contributed by atoms with Gasteiger partial charge in [-0.3, -0.25) is 14.4 Å². The summed E-state index contributed by atoms with van der Waals surface area (Å²) >= 11 is 6.11. The summed E-state index contributed by atoms with van der Waals surface area (Å²) in [4.78, 5) is 52.9. The summed E-state index contributed by atoms with van der Waals surface area (Å²) in [6, 6.07) is 5.49. The number of aromatic nitrogens is 1. The zero-order valence-corrected chi connectivity index (χ0v) is 28.6. The summed E-state index contributed by atoms with van der Waals surface area (Å²) in [6.07, 6.45) is 0.620. The van der Waals surface area contributed by atoms with Crippen molar-refractivity contribution < 1.29 is 41.6 Å². The number of carbonyl (C=O) groups excluding carboxylic acids is 3. The third-order valence-electron chi connectivity index (χ3n) is 9.55. The molecule has 0 radical (unpaired) electrons. The molecule has 1 fully saturated rings. The molecule has 6 heterocycles. The molecule has 3 amide bonds. The number of pyridine rings is 1. The number of guanidine groups is 1. The number of anilines is 1. The van der Waals surface area contributed by atoms with Crippen LogP contribution in [0.5, 0.6) is 5.75 Å². The highest BCUT2D eigenvalue weighted by molar-refractivity contribution is 7.81. The first kappa shape index (κ1) is 35.1. The number of nitrogens with zero attached hydrogens (tertiary/aromatic N) is 6. The number of piperidine rings is 1. The van der Waals surface area contributed by atoms with E-state index in [1.54, 1.807) is 15.5 Å². The number of benzene rings is 1. The van der Waals surface area contributed by atoms with Crippen molar-refractivity contribution in [2.45, 2.75) is 37.2 Å². The molecule has 51 heavy (non-hydrogen) atoms. The van der Waals surface area contributed by atoms with E-state index in [0.29, 0.717) is 30.8 Å². The van der Waals surface area contributed by atoms with Crippen LogP contribution in [0.3, 0.4) is 0 Å². The van der Waals surface area contributed by atoms with Gasteiger partial charge in [0.2, 0.25) is 11.9 Å². The maximum absolute atomic E-state index is 14.3. The highest BCUT2D eigenvalue weighted by Crippen LogP contribution is 2.45. The number of amides is 3. The summed E-state index contributed by atoms with van der Waals surface area (Å²) in [5, 5.41) is 13.7. The number of halogens is 4. The van der Waals surface area contributed by atoms with E-state index in [1.807, 2.05) is 6.08 Å². The third-order valence-corrected chi connectivity index (χ3v) is 10.9. The number of likely N-dealkylation sites (tertiary alicyclic amines) is 1. The van der Waals surface area contributed by atoms with Gasteiger partial charge < -0.3 is 25.0 Å². The van der Waals surface area contributed by atoms with Gasteiger partial charge >= 0.3 is 6.18 Å². The highest BCUT2D eigenvalue weighted by atomic mass is 35.5. The molecule has 270 valence electrons. The fourth-order valence-electron chi connectivity index (χ4n) is 6.88. The summed E-state index contributed by atoms with van der Waals surface area (Å²) in [5.41, 5.74) is 2.53. The molecule has 14 nitrogen and oxygen atoms in total. The molecule has 1 spiro atoms. The number of rotatable bonds is 6. The van der Waals surface area contributed by atoms with Crippen LogP contribution in [-0.4, -0.2) is 114 Å². The average Bonchev–Trinajstić information content (AvgIpc) is 3.71. The maximum Gasteiger partial charge on any atom is 0.416 e. The standard InChI is InChI=1S/C32H32ClF3N8O6S/c1-51(49)42-11-6-18(7-12-42)27-39-30-43(16-24(46)38-21-5-4-19(15-20(21)33)32(34,35)36)22-17-50-31(25(22)28(47)44(30)40-27)8-13-41(14-9-31)29(48)26-23(45)3-2-10-37-26/h2-6,10,15,27,40,45H,7-9,11-14,16-17H2,1H3,(H,38,46). The van der Waals surface area contributed by atoms with Gasteiger partial charge in [0.25, 0.3) is 11.8 Å². The Morgan fingerprint density at radius 3 is 2.63 bits per heavy atom. The third kappa shape index (κ3) is 6.50. The molecule has 1 aromatic heterocycles.